The first-order valence-electron chi connectivity index (χ1n) is 16.5. The number of amides is 4. The number of benzene rings is 2. The quantitative estimate of drug-likeness (QED) is 0.347. The Kier molecular flexibility index (Phi) is 13.5. The minimum Gasteiger partial charge on any atom is -0.493 e. The fraction of sp³-hybridized carbons (Fsp3) is 0.543. The van der Waals surface area contributed by atoms with E-state index in [4.69, 9.17) is 25.8 Å². The van der Waals surface area contributed by atoms with Gasteiger partial charge >= 0.3 is 0 Å². The maximum atomic E-state index is 13.9. The standard InChI is InChI=1S/C35H48ClN5O7/c1-6-12-47-32-24(15-25(36)16-29(32)46-5)18-41-19-26-17-37-33(43)27(13-22(2)3)38-31(42)21-40(4)35(45)28(14-23-10-8-7-9-11-23)39-34(44)30(20-41)48-26/h7-11,15-16,22,26-28,30H,6,12-14,17-21H2,1-5H3,(H,37,43)(H,38,42)(H,39,44)/t26-,27+,28-,30-/m1/s1. The molecule has 4 rings (SSSR count). The number of carbonyl (C=O) groups excluding carboxylic acids is 4. The second-order valence-corrected chi connectivity index (χ2v) is 13.3. The first-order valence-corrected chi connectivity index (χ1v) is 16.9. The highest BCUT2D eigenvalue weighted by Gasteiger charge is 2.37. The number of fused-ring (bicyclic) bond motifs is 2. The van der Waals surface area contributed by atoms with Crippen LogP contribution in [0, 0.1) is 5.92 Å². The number of carbonyl (C=O) groups is 4. The number of rotatable bonds is 10. The zero-order valence-electron chi connectivity index (χ0n) is 28.4. The zero-order valence-corrected chi connectivity index (χ0v) is 29.2. The zero-order chi connectivity index (χ0) is 34.8. The van der Waals surface area contributed by atoms with Gasteiger partial charge in [-0.05, 0) is 30.4 Å². The molecule has 0 saturated carbocycles. The van der Waals surface area contributed by atoms with Crippen molar-refractivity contribution in [2.24, 2.45) is 5.92 Å². The molecule has 4 amide bonds. The van der Waals surface area contributed by atoms with Crippen LogP contribution in [-0.2, 0) is 36.9 Å². The van der Waals surface area contributed by atoms with Gasteiger partial charge in [0.25, 0.3) is 5.91 Å². The molecule has 0 radical (unpaired) electrons. The summed E-state index contributed by atoms with van der Waals surface area (Å²) < 4.78 is 17.9. The van der Waals surface area contributed by atoms with Gasteiger partial charge in [0.2, 0.25) is 17.7 Å². The molecular formula is C35H48ClN5O7. The second-order valence-electron chi connectivity index (χ2n) is 12.8. The molecule has 2 aromatic rings. The molecule has 13 heteroatoms. The van der Waals surface area contributed by atoms with Gasteiger partial charge in [0.1, 0.15) is 18.2 Å². The molecule has 2 bridgehead atoms. The summed E-state index contributed by atoms with van der Waals surface area (Å²) >= 11 is 6.46. The van der Waals surface area contributed by atoms with Gasteiger partial charge in [-0.2, -0.15) is 0 Å². The van der Waals surface area contributed by atoms with Gasteiger partial charge in [-0.25, -0.2) is 0 Å². The Hall–Kier alpha value is -3.87. The van der Waals surface area contributed by atoms with Crippen LogP contribution in [0.4, 0.5) is 0 Å². The molecule has 0 aliphatic carbocycles. The Morgan fingerprint density at radius 1 is 1.02 bits per heavy atom. The van der Waals surface area contributed by atoms with E-state index in [1.807, 2.05) is 62.1 Å². The van der Waals surface area contributed by atoms with E-state index in [9.17, 15) is 19.2 Å². The Bertz CT molecular complexity index is 1430. The Balaban J connectivity index is 1.67. The van der Waals surface area contributed by atoms with E-state index in [2.05, 4.69) is 16.0 Å². The third-order valence-corrected chi connectivity index (χ3v) is 8.43. The fourth-order valence-corrected chi connectivity index (χ4v) is 6.19. The van der Waals surface area contributed by atoms with E-state index < -0.39 is 42.0 Å². The van der Waals surface area contributed by atoms with Crippen molar-refractivity contribution in [3.8, 4) is 11.5 Å². The summed E-state index contributed by atoms with van der Waals surface area (Å²) in [7, 11) is 3.06. The molecule has 0 unspecified atom stereocenters. The van der Waals surface area contributed by atoms with E-state index in [0.717, 1.165) is 17.5 Å². The summed E-state index contributed by atoms with van der Waals surface area (Å²) in [5.74, 6) is -0.540. The molecular weight excluding hydrogens is 638 g/mol. The summed E-state index contributed by atoms with van der Waals surface area (Å²) in [4.78, 5) is 57.4. The van der Waals surface area contributed by atoms with Crippen molar-refractivity contribution in [3.05, 3.63) is 58.6 Å². The van der Waals surface area contributed by atoms with Crippen molar-refractivity contribution in [1.82, 2.24) is 25.8 Å². The van der Waals surface area contributed by atoms with Crippen molar-refractivity contribution in [2.45, 2.75) is 70.9 Å². The number of hydrogen-bond donors (Lipinski definition) is 3. The number of nitrogens with zero attached hydrogens (tertiary/aromatic N) is 2. The number of ether oxygens (including phenoxy) is 3. The molecule has 2 aromatic carbocycles. The molecule has 0 spiro atoms. The van der Waals surface area contributed by atoms with Gasteiger partial charge < -0.3 is 35.1 Å². The van der Waals surface area contributed by atoms with Crippen LogP contribution in [0.15, 0.2) is 42.5 Å². The van der Waals surface area contributed by atoms with Crippen molar-refractivity contribution >= 4 is 35.2 Å². The third-order valence-electron chi connectivity index (χ3n) is 8.21. The van der Waals surface area contributed by atoms with E-state index >= 15 is 0 Å². The topological polar surface area (TPSA) is 139 Å². The van der Waals surface area contributed by atoms with Crippen LogP contribution in [0.1, 0.15) is 44.7 Å². The number of halogens is 1. The minimum atomic E-state index is -0.963. The van der Waals surface area contributed by atoms with Crippen LogP contribution in [0.2, 0.25) is 5.02 Å². The van der Waals surface area contributed by atoms with Crippen molar-refractivity contribution in [3.63, 3.8) is 0 Å². The van der Waals surface area contributed by atoms with Crippen LogP contribution >= 0.6 is 11.6 Å². The smallest absolute Gasteiger partial charge is 0.251 e. The van der Waals surface area contributed by atoms with E-state index in [-0.39, 0.29) is 37.9 Å². The van der Waals surface area contributed by atoms with Gasteiger partial charge in [0.15, 0.2) is 11.5 Å². The third kappa shape index (κ3) is 10.3. The molecule has 2 saturated heterocycles. The van der Waals surface area contributed by atoms with Crippen LogP contribution in [-0.4, -0.2) is 105 Å². The molecule has 2 aliphatic heterocycles. The monoisotopic (exact) mass is 685 g/mol. The van der Waals surface area contributed by atoms with Crippen molar-refractivity contribution in [2.75, 3.05) is 46.9 Å². The second kappa shape index (κ2) is 17.5. The lowest BCUT2D eigenvalue weighted by atomic mass is 10.0. The van der Waals surface area contributed by atoms with Crippen molar-refractivity contribution in [1.29, 1.82) is 0 Å². The van der Waals surface area contributed by atoms with Gasteiger partial charge in [0, 0.05) is 56.3 Å². The molecule has 0 aromatic heterocycles. The molecule has 2 fully saturated rings. The van der Waals surface area contributed by atoms with Gasteiger partial charge in [0.05, 0.1) is 26.4 Å². The average molecular weight is 686 g/mol. The number of nitrogens with one attached hydrogen (secondary N) is 3. The molecule has 3 N–H and O–H groups in total. The van der Waals surface area contributed by atoms with E-state index in [1.54, 1.807) is 13.2 Å². The first-order chi connectivity index (χ1) is 23.0. The SMILES string of the molecule is CCCOc1c(CN2C[C@H]3CNC(=O)[C@H](CC(C)C)NC(=O)CN(C)C(=O)[C@@H](Cc4ccccc4)NC(=O)[C@@H](C2)O3)cc(Cl)cc1OC. The molecule has 2 heterocycles. The molecule has 2 aliphatic rings. The minimum absolute atomic E-state index is 0.105. The predicted molar refractivity (Wildman–Crippen MR) is 182 cm³/mol. The molecule has 48 heavy (non-hydrogen) atoms. The first kappa shape index (κ1) is 37.0. The van der Waals surface area contributed by atoms with Gasteiger partial charge in [-0.3, -0.25) is 24.1 Å². The van der Waals surface area contributed by atoms with Crippen LogP contribution in [0.25, 0.3) is 0 Å². The fourth-order valence-electron chi connectivity index (χ4n) is 5.96. The number of likely N-dealkylation sites (N-methyl/N-ethyl adjacent to an activating group) is 1. The lowest BCUT2D eigenvalue weighted by Gasteiger charge is -2.38. The summed E-state index contributed by atoms with van der Waals surface area (Å²) in [6.07, 6.45) is -0.124. The van der Waals surface area contributed by atoms with Crippen LogP contribution < -0.4 is 25.4 Å². The molecule has 262 valence electrons. The molecule has 4 atom stereocenters. The van der Waals surface area contributed by atoms with Crippen molar-refractivity contribution < 1.29 is 33.4 Å². The summed E-state index contributed by atoms with van der Waals surface area (Å²) in [5, 5.41) is 9.13. The summed E-state index contributed by atoms with van der Waals surface area (Å²) in [5.41, 5.74) is 1.62. The largest absolute Gasteiger partial charge is 0.493 e. The summed E-state index contributed by atoms with van der Waals surface area (Å²) in [6, 6.07) is 11.1. The predicted octanol–water partition coefficient (Wildman–Crippen LogP) is 2.55. The number of methoxy groups -OCH3 is 1. The van der Waals surface area contributed by atoms with Crippen LogP contribution in [0.3, 0.4) is 0 Å². The van der Waals surface area contributed by atoms with E-state index in [1.165, 1.54) is 11.9 Å². The lowest BCUT2D eigenvalue weighted by Crippen LogP contribution is -2.58. The maximum absolute atomic E-state index is 13.9. The highest BCUT2D eigenvalue weighted by atomic mass is 35.5. The maximum Gasteiger partial charge on any atom is 0.251 e. The highest BCUT2D eigenvalue weighted by Crippen LogP contribution is 2.36. The van der Waals surface area contributed by atoms with Gasteiger partial charge in [-0.15, -0.1) is 0 Å². The number of hydrogen-bond acceptors (Lipinski definition) is 8. The van der Waals surface area contributed by atoms with Gasteiger partial charge in [-0.1, -0.05) is 62.7 Å². The Morgan fingerprint density at radius 2 is 1.77 bits per heavy atom. The molecule has 12 nitrogen and oxygen atoms in total. The number of morpholine rings is 1. The average Bonchev–Trinajstić information content (AvgIpc) is 3.05. The summed E-state index contributed by atoms with van der Waals surface area (Å²) in [6.45, 7) is 7.19. The highest BCUT2D eigenvalue weighted by molar-refractivity contribution is 6.30. The normalized spacial score (nSPS) is 23.1. The Morgan fingerprint density at radius 3 is 2.46 bits per heavy atom. The lowest BCUT2D eigenvalue weighted by molar-refractivity contribution is -0.150. The Labute approximate surface area is 287 Å². The van der Waals surface area contributed by atoms with E-state index in [0.29, 0.717) is 42.6 Å². The van der Waals surface area contributed by atoms with Crippen LogP contribution in [0.5, 0.6) is 11.5 Å².